The average Bonchev–Trinajstić information content (AvgIpc) is 1.87. The molecule has 2 heteroatoms. The van der Waals surface area contributed by atoms with Crippen molar-refractivity contribution in [3.05, 3.63) is 0 Å². The fourth-order valence-electron chi connectivity index (χ4n) is 1.15. The molecule has 0 aromatic heterocycles. The summed E-state index contributed by atoms with van der Waals surface area (Å²) < 4.78 is 11.8. The fourth-order valence-corrected chi connectivity index (χ4v) is 3.44. The van der Waals surface area contributed by atoms with E-state index in [-0.39, 0.29) is 0 Å². The van der Waals surface area contributed by atoms with Gasteiger partial charge in [0.2, 0.25) is 0 Å². The van der Waals surface area contributed by atoms with E-state index in [1.165, 1.54) is 0 Å². The van der Waals surface area contributed by atoms with Crippen molar-refractivity contribution < 1.29 is 4.21 Å². The van der Waals surface area contributed by atoms with Gasteiger partial charge >= 0.3 is 0 Å². The third-order valence-corrected chi connectivity index (χ3v) is 5.55. The topological polar surface area (TPSA) is 17.1 Å². The predicted molar refractivity (Wildman–Crippen MR) is 50.3 cm³/mol. The molecule has 0 aromatic carbocycles. The third-order valence-electron chi connectivity index (χ3n) is 1.85. The molecule has 0 spiro atoms. The van der Waals surface area contributed by atoms with Crippen LogP contribution < -0.4 is 0 Å². The SMILES string of the molecule is CC[SH](=O)(CC)CC(C)C. The first-order valence-corrected chi connectivity index (χ1v) is 6.37. The third kappa shape index (κ3) is 3.35. The minimum Gasteiger partial charge on any atom is -0.285 e. The van der Waals surface area contributed by atoms with Crippen LogP contribution in [-0.2, 0) is 9.93 Å². The molecule has 0 aliphatic carbocycles. The second-order valence-electron chi connectivity index (χ2n) is 3.27. The highest BCUT2D eigenvalue weighted by atomic mass is 32.2. The lowest BCUT2D eigenvalue weighted by Crippen LogP contribution is -2.24. The molecule has 10 heavy (non-hydrogen) atoms. The first kappa shape index (κ1) is 10.2. The van der Waals surface area contributed by atoms with Gasteiger partial charge < -0.3 is 0 Å². The highest BCUT2D eigenvalue weighted by molar-refractivity contribution is 8.02. The summed E-state index contributed by atoms with van der Waals surface area (Å²) in [6.07, 6.45) is 0. The van der Waals surface area contributed by atoms with Gasteiger partial charge in [-0.1, -0.05) is 27.7 Å². The van der Waals surface area contributed by atoms with E-state index >= 15 is 0 Å². The van der Waals surface area contributed by atoms with Crippen LogP contribution >= 0.6 is 0 Å². The summed E-state index contributed by atoms with van der Waals surface area (Å²) >= 11 is 0. The van der Waals surface area contributed by atoms with Crippen molar-refractivity contribution in [2.24, 2.45) is 5.92 Å². The summed E-state index contributed by atoms with van der Waals surface area (Å²) in [7, 11) is -1.74. The zero-order chi connectivity index (χ0) is 8.20. The Kier molecular flexibility index (Phi) is 4.18. The van der Waals surface area contributed by atoms with Crippen LogP contribution in [-0.4, -0.2) is 21.5 Å². The predicted octanol–water partition coefficient (Wildman–Crippen LogP) is 1.70. The molecule has 0 aromatic rings. The standard InChI is InChI=1S/C8H20OS/c1-5-10(9,6-2)7-8(3)4/h8,10H,5-7H2,1-4H3. The summed E-state index contributed by atoms with van der Waals surface area (Å²) in [5.41, 5.74) is 0. The van der Waals surface area contributed by atoms with Crippen LogP contribution in [0.1, 0.15) is 27.7 Å². The number of rotatable bonds is 4. The normalized spacial score (nSPS) is 14.1. The monoisotopic (exact) mass is 164 g/mol. The van der Waals surface area contributed by atoms with Crippen LogP contribution in [0.2, 0.25) is 0 Å². The molecule has 0 bridgehead atoms. The maximum absolute atomic E-state index is 11.8. The molecule has 0 unspecified atom stereocenters. The molecule has 0 saturated carbocycles. The van der Waals surface area contributed by atoms with Crippen LogP contribution in [0.5, 0.6) is 0 Å². The van der Waals surface area contributed by atoms with Crippen molar-refractivity contribution >= 4 is 9.93 Å². The first-order valence-electron chi connectivity index (χ1n) is 4.11. The molecule has 1 nitrogen and oxygen atoms in total. The molecule has 0 aliphatic rings. The van der Waals surface area contributed by atoms with Crippen molar-refractivity contribution in [1.29, 1.82) is 0 Å². The van der Waals surface area contributed by atoms with Crippen LogP contribution in [0.25, 0.3) is 0 Å². The quantitative estimate of drug-likeness (QED) is 0.626. The van der Waals surface area contributed by atoms with Gasteiger partial charge in [0.05, 0.1) is 0 Å². The average molecular weight is 164 g/mol. The van der Waals surface area contributed by atoms with Crippen LogP contribution in [0.15, 0.2) is 0 Å². The van der Waals surface area contributed by atoms with E-state index < -0.39 is 9.93 Å². The van der Waals surface area contributed by atoms with Crippen LogP contribution in [0.3, 0.4) is 0 Å². The lowest BCUT2D eigenvalue weighted by Gasteiger charge is -2.21. The number of hydrogen-bond donors (Lipinski definition) is 1. The minimum absolute atomic E-state index is 0.589. The van der Waals surface area contributed by atoms with Gasteiger partial charge in [-0.2, -0.15) is 0 Å². The Morgan fingerprint density at radius 2 is 1.60 bits per heavy atom. The van der Waals surface area contributed by atoms with E-state index in [1.807, 2.05) is 13.8 Å². The zero-order valence-corrected chi connectivity index (χ0v) is 8.45. The van der Waals surface area contributed by atoms with E-state index in [1.54, 1.807) is 0 Å². The Labute approximate surface area is 65.6 Å². The summed E-state index contributed by atoms with van der Waals surface area (Å²) in [5.74, 6) is 3.27. The largest absolute Gasteiger partial charge is 0.285 e. The Morgan fingerprint density at radius 3 is 1.70 bits per heavy atom. The number of hydrogen-bond acceptors (Lipinski definition) is 1. The van der Waals surface area contributed by atoms with Gasteiger partial charge in [0.15, 0.2) is 0 Å². The molecular formula is C8H20OS. The smallest absolute Gasteiger partial charge is 0.00357 e. The van der Waals surface area contributed by atoms with Crippen molar-refractivity contribution in [3.8, 4) is 0 Å². The van der Waals surface area contributed by atoms with Gasteiger partial charge in [-0.3, -0.25) is 4.21 Å². The molecule has 0 heterocycles. The maximum Gasteiger partial charge on any atom is 0.00357 e. The van der Waals surface area contributed by atoms with Crippen molar-refractivity contribution in [2.75, 3.05) is 17.3 Å². The highest BCUT2D eigenvalue weighted by Gasteiger charge is 2.11. The molecule has 0 atom stereocenters. The van der Waals surface area contributed by atoms with Gasteiger partial charge in [-0.25, -0.2) is 0 Å². The van der Waals surface area contributed by atoms with Crippen LogP contribution in [0, 0.1) is 5.92 Å². The van der Waals surface area contributed by atoms with E-state index in [2.05, 4.69) is 13.8 Å². The summed E-state index contributed by atoms with van der Waals surface area (Å²) in [4.78, 5) is 0. The number of thiol groups is 1. The zero-order valence-electron chi connectivity index (χ0n) is 7.55. The van der Waals surface area contributed by atoms with Gasteiger partial charge in [0.1, 0.15) is 0 Å². The molecule has 0 amide bonds. The Morgan fingerprint density at radius 1 is 1.20 bits per heavy atom. The lowest BCUT2D eigenvalue weighted by atomic mass is 10.3. The fraction of sp³-hybridized carbons (Fsp3) is 1.00. The van der Waals surface area contributed by atoms with Gasteiger partial charge in [0.25, 0.3) is 0 Å². The summed E-state index contributed by atoms with van der Waals surface area (Å²) in [5, 5.41) is 0. The first-order chi connectivity index (χ1) is 4.54. The summed E-state index contributed by atoms with van der Waals surface area (Å²) in [6, 6.07) is 0. The molecule has 0 saturated heterocycles. The van der Waals surface area contributed by atoms with Crippen molar-refractivity contribution in [3.63, 3.8) is 0 Å². The highest BCUT2D eigenvalue weighted by Crippen LogP contribution is 2.09. The molecule has 64 valence electrons. The van der Waals surface area contributed by atoms with E-state index in [9.17, 15) is 4.21 Å². The molecule has 0 N–H and O–H groups in total. The minimum atomic E-state index is -1.74. The van der Waals surface area contributed by atoms with Crippen molar-refractivity contribution in [2.45, 2.75) is 27.7 Å². The van der Waals surface area contributed by atoms with Crippen LogP contribution in [0.4, 0.5) is 0 Å². The van der Waals surface area contributed by atoms with E-state index in [4.69, 9.17) is 0 Å². The Bertz CT molecular complexity index is 121. The molecule has 0 rings (SSSR count). The van der Waals surface area contributed by atoms with Gasteiger partial charge in [0, 0.05) is 5.75 Å². The molecule has 0 aliphatic heterocycles. The molecular weight excluding hydrogens is 144 g/mol. The van der Waals surface area contributed by atoms with E-state index in [0.717, 1.165) is 17.3 Å². The maximum atomic E-state index is 11.8. The van der Waals surface area contributed by atoms with Gasteiger partial charge in [-0.15, -0.1) is 9.93 Å². The van der Waals surface area contributed by atoms with Crippen molar-refractivity contribution in [1.82, 2.24) is 0 Å². The second-order valence-corrected chi connectivity index (χ2v) is 7.01. The molecule has 0 fully saturated rings. The van der Waals surface area contributed by atoms with Gasteiger partial charge in [-0.05, 0) is 17.4 Å². The second kappa shape index (κ2) is 4.12. The Hall–Kier alpha value is 0.150. The van der Waals surface area contributed by atoms with E-state index in [0.29, 0.717) is 5.92 Å². The Balaban J connectivity index is 3.94. The summed E-state index contributed by atoms with van der Waals surface area (Å²) in [6.45, 7) is 8.34. The molecule has 0 radical (unpaired) electrons. The lowest BCUT2D eigenvalue weighted by molar-refractivity contribution is 0.652.